The summed E-state index contributed by atoms with van der Waals surface area (Å²) >= 11 is 4.27. The highest BCUT2D eigenvalue weighted by Gasteiger charge is 2.15. The van der Waals surface area contributed by atoms with E-state index >= 15 is 0 Å². The van der Waals surface area contributed by atoms with Crippen LogP contribution < -0.4 is 14.4 Å². The minimum atomic E-state index is 0.627. The smallest absolute Gasteiger partial charge is 0.145 e. The van der Waals surface area contributed by atoms with Crippen molar-refractivity contribution in [3.05, 3.63) is 17.2 Å². The summed E-state index contributed by atoms with van der Waals surface area (Å²) in [6, 6.07) is 1.98. The van der Waals surface area contributed by atoms with Crippen molar-refractivity contribution in [3.63, 3.8) is 0 Å². The molecule has 1 aromatic rings. The summed E-state index contributed by atoms with van der Waals surface area (Å²) in [6.07, 6.45) is 0. The molecule has 0 atom stereocenters. The quantitative estimate of drug-likeness (QED) is 0.647. The first kappa shape index (κ1) is 13.0. The van der Waals surface area contributed by atoms with Gasteiger partial charge in [0.15, 0.2) is 0 Å². The monoisotopic (exact) mass is 241 g/mol. The summed E-state index contributed by atoms with van der Waals surface area (Å²) in [5, 5.41) is 0. The van der Waals surface area contributed by atoms with Gasteiger partial charge in [0.1, 0.15) is 11.5 Å². The summed E-state index contributed by atoms with van der Waals surface area (Å²) < 4.78 is 10.8. The molecule has 0 fully saturated rings. The van der Waals surface area contributed by atoms with Crippen LogP contribution in [0.25, 0.3) is 0 Å². The van der Waals surface area contributed by atoms with Crippen LogP contribution in [0.2, 0.25) is 0 Å². The Morgan fingerprint density at radius 1 is 1.19 bits per heavy atom. The number of rotatable bonds is 4. The second-order valence-electron chi connectivity index (χ2n) is 3.72. The number of hydrogen-bond donors (Lipinski definition) is 1. The van der Waals surface area contributed by atoms with Crippen LogP contribution in [0.4, 0.5) is 5.69 Å². The lowest BCUT2D eigenvalue weighted by atomic mass is 10.1. The summed E-state index contributed by atoms with van der Waals surface area (Å²) in [4.78, 5) is 2.01. The second kappa shape index (κ2) is 5.34. The highest BCUT2D eigenvalue weighted by molar-refractivity contribution is 7.80. The number of benzene rings is 1. The zero-order chi connectivity index (χ0) is 12.3. The van der Waals surface area contributed by atoms with Crippen molar-refractivity contribution in [2.24, 2.45) is 0 Å². The Bertz CT molecular complexity index is 380. The molecule has 0 aromatic heterocycles. The van der Waals surface area contributed by atoms with Gasteiger partial charge < -0.3 is 14.4 Å². The molecular formula is C12H19NO2S. The molecule has 0 unspecified atom stereocenters. The van der Waals surface area contributed by atoms with E-state index in [1.165, 1.54) is 0 Å². The van der Waals surface area contributed by atoms with Crippen LogP contribution in [0.1, 0.15) is 11.1 Å². The fourth-order valence-corrected chi connectivity index (χ4v) is 1.83. The highest BCUT2D eigenvalue weighted by Crippen LogP contribution is 2.38. The van der Waals surface area contributed by atoms with Crippen LogP contribution in [0, 0.1) is 13.8 Å². The predicted molar refractivity (Wildman–Crippen MR) is 71.3 cm³/mol. The first-order valence-corrected chi connectivity index (χ1v) is 5.74. The van der Waals surface area contributed by atoms with Gasteiger partial charge in [0.05, 0.1) is 25.8 Å². The van der Waals surface area contributed by atoms with E-state index in [0.717, 1.165) is 28.3 Å². The average molecular weight is 241 g/mol. The Balaban J connectivity index is 3.40. The molecule has 4 heteroatoms. The molecule has 0 heterocycles. The minimum Gasteiger partial charge on any atom is -0.496 e. The summed E-state index contributed by atoms with van der Waals surface area (Å²) in [7, 11) is 5.34. The van der Waals surface area contributed by atoms with E-state index in [1.807, 2.05) is 31.9 Å². The molecule has 0 bridgehead atoms. The first-order chi connectivity index (χ1) is 7.56. The molecule has 0 aliphatic rings. The number of anilines is 1. The Morgan fingerprint density at radius 3 is 2.25 bits per heavy atom. The molecule has 16 heavy (non-hydrogen) atoms. The number of nitrogens with zero attached hydrogens (tertiary/aromatic N) is 1. The van der Waals surface area contributed by atoms with Gasteiger partial charge in [0.25, 0.3) is 0 Å². The zero-order valence-electron chi connectivity index (χ0n) is 10.5. The van der Waals surface area contributed by atoms with Crippen molar-refractivity contribution in [1.82, 2.24) is 0 Å². The molecule has 0 spiro atoms. The zero-order valence-corrected chi connectivity index (χ0v) is 11.4. The Kier molecular flexibility index (Phi) is 4.35. The van der Waals surface area contributed by atoms with E-state index in [1.54, 1.807) is 14.2 Å². The normalized spacial score (nSPS) is 10.1. The standard InChI is InChI=1S/C12H19NO2S/c1-8-9(2)12(15-5)10(13(3)7-16)6-11(8)14-4/h6,16H,7H2,1-5H3. The molecule has 0 N–H and O–H groups in total. The van der Waals surface area contributed by atoms with Crippen molar-refractivity contribution in [3.8, 4) is 11.5 Å². The van der Waals surface area contributed by atoms with Crippen LogP contribution in [0.15, 0.2) is 6.07 Å². The number of ether oxygens (including phenoxy) is 2. The molecule has 0 saturated heterocycles. The molecule has 0 amide bonds. The van der Waals surface area contributed by atoms with Crippen molar-refractivity contribution < 1.29 is 9.47 Å². The van der Waals surface area contributed by atoms with Crippen molar-refractivity contribution >= 4 is 18.3 Å². The topological polar surface area (TPSA) is 21.7 Å². The van der Waals surface area contributed by atoms with Gasteiger partial charge in [-0.15, -0.1) is 0 Å². The van der Waals surface area contributed by atoms with E-state index in [-0.39, 0.29) is 0 Å². The van der Waals surface area contributed by atoms with Crippen molar-refractivity contribution in [2.75, 3.05) is 32.0 Å². The van der Waals surface area contributed by atoms with E-state index in [2.05, 4.69) is 12.6 Å². The van der Waals surface area contributed by atoms with Gasteiger partial charge in [0.2, 0.25) is 0 Å². The van der Waals surface area contributed by atoms with Crippen molar-refractivity contribution in [2.45, 2.75) is 13.8 Å². The van der Waals surface area contributed by atoms with Crippen molar-refractivity contribution in [1.29, 1.82) is 0 Å². The Hall–Kier alpha value is -1.03. The number of methoxy groups -OCH3 is 2. The lowest BCUT2D eigenvalue weighted by Crippen LogP contribution is -2.16. The second-order valence-corrected chi connectivity index (χ2v) is 4.00. The molecule has 90 valence electrons. The molecule has 0 aliphatic heterocycles. The lowest BCUT2D eigenvalue weighted by molar-refractivity contribution is 0.398. The first-order valence-electron chi connectivity index (χ1n) is 5.11. The molecule has 1 aromatic carbocycles. The van der Waals surface area contributed by atoms with Crippen LogP contribution in [-0.2, 0) is 0 Å². The maximum absolute atomic E-state index is 5.45. The molecule has 0 radical (unpaired) electrons. The van der Waals surface area contributed by atoms with Crippen LogP contribution >= 0.6 is 12.6 Å². The largest absolute Gasteiger partial charge is 0.496 e. The van der Waals surface area contributed by atoms with E-state index in [0.29, 0.717) is 5.88 Å². The lowest BCUT2D eigenvalue weighted by Gasteiger charge is -2.23. The summed E-state index contributed by atoms with van der Waals surface area (Å²) in [5.41, 5.74) is 3.21. The van der Waals surface area contributed by atoms with E-state index in [9.17, 15) is 0 Å². The summed E-state index contributed by atoms with van der Waals surface area (Å²) in [6.45, 7) is 4.06. The van der Waals surface area contributed by atoms with E-state index in [4.69, 9.17) is 9.47 Å². The number of thiol groups is 1. The van der Waals surface area contributed by atoms with Gasteiger partial charge in [0, 0.05) is 13.1 Å². The fraction of sp³-hybridized carbons (Fsp3) is 0.500. The van der Waals surface area contributed by atoms with Gasteiger partial charge in [-0.3, -0.25) is 0 Å². The van der Waals surface area contributed by atoms with Gasteiger partial charge in [-0.2, -0.15) is 12.6 Å². The molecule has 0 aliphatic carbocycles. The maximum Gasteiger partial charge on any atom is 0.145 e. The Morgan fingerprint density at radius 2 is 1.81 bits per heavy atom. The van der Waals surface area contributed by atoms with E-state index < -0.39 is 0 Å². The van der Waals surface area contributed by atoms with Gasteiger partial charge >= 0.3 is 0 Å². The third-order valence-electron chi connectivity index (χ3n) is 2.82. The molecular weight excluding hydrogens is 222 g/mol. The maximum atomic E-state index is 5.45. The summed E-state index contributed by atoms with van der Waals surface area (Å²) in [5.74, 6) is 2.39. The van der Waals surface area contributed by atoms with Gasteiger partial charge in [-0.1, -0.05) is 0 Å². The number of hydrogen-bond acceptors (Lipinski definition) is 4. The minimum absolute atomic E-state index is 0.627. The third kappa shape index (κ3) is 2.21. The fourth-order valence-electron chi connectivity index (χ4n) is 1.67. The Labute approximate surface area is 103 Å². The molecule has 3 nitrogen and oxygen atoms in total. The third-order valence-corrected chi connectivity index (χ3v) is 3.24. The van der Waals surface area contributed by atoms with Crippen LogP contribution in [0.5, 0.6) is 11.5 Å². The molecule has 1 rings (SSSR count). The van der Waals surface area contributed by atoms with Gasteiger partial charge in [-0.05, 0) is 25.0 Å². The molecule has 0 saturated carbocycles. The predicted octanol–water partition coefficient (Wildman–Crippen LogP) is 2.64. The van der Waals surface area contributed by atoms with Crippen LogP contribution in [0.3, 0.4) is 0 Å². The van der Waals surface area contributed by atoms with Crippen LogP contribution in [-0.4, -0.2) is 27.1 Å². The van der Waals surface area contributed by atoms with Gasteiger partial charge in [-0.25, -0.2) is 0 Å². The SMILES string of the molecule is COc1cc(N(C)CS)c(OC)c(C)c1C. The average Bonchev–Trinajstić information content (AvgIpc) is 2.31. The highest BCUT2D eigenvalue weighted by atomic mass is 32.1.